The Balaban J connectivity index is 1.95. The van der Waals surface area contributed by atoms with Crippen LogP contribution >= 0.6 is 0 Å². The smallest absolute Gasteiger partial charge is 0.335 e. The third kappa shape index (κ3) is 2.16. The molecule has 0 bridgehead atoms. The highest BCUT2D eigenvalue weighted by Gasteiger charge is 2.22. The Morgan fingerprint density at radius 1 is 1.40 bits per heavy atom. The van der Waals surface area contributed by atoms with E-state index in [0.717, 1.165) is 11.1 Å². The van der Waals surface area contributed by atoms with Gasteiger partial charge in [0.2, 0.25) is 0 Å². The van der Waals surface area contributed by atoms with Crippen LogP contribution in [0.5, 0.6) is 0 Å². The van der Waals surface area contributed by atoms with Crippen LogP contribution < -0.4 is 10.5 Å². The Hall–Kier alpha value is -2.63. The number of anilines is 1. The lowest BCUT2D eigenvalue weighted by Crippen LogP contribution is -2.32. The van der Waals surface area contributed by atoms with Gasteiger partial charge in [0.15, 0.2) is 0 Å². The lowest BCUT2D eigenvalue weighted by molar-refractivity contribution is 0.0695. The molecule has 2 N–H and O–H groups in total. The zero-order valence-electron chi connectivity index (χ0n) is 10.7. The van der Waals surface area contributed by atoms with Crippen LogP contribution in [0.1, 0.15) is 21.5 Å². The van der Waals surface area contributed by atoms with Crippen molar-refractivity contribution in [1.82, 2.24) is 9.97 Å². The van der Waals surface area contributed by atoms with Gasteiger partial charge in [0.1, 0.15) is 5.82 Å². The Labute approximate surface area is 114 Å². The van der Waals surface area contributed by atoms with Gasteiger partial charge in [-0.05, 0) is 23.6 Å². The maximum Gasteiger partial charge on any atom is 0.335 e. The lowest BCUT2D eigenvalue weighted by Gasteiger charge is -2.30. The standard InChI is InChI=1S/C14H13N3O3/c18-13-6-12(15-8-16-13)17-5-4-10-9(7-17)2-1-3-11(10)14(19)20/h1-3,6,8H,4-5,7H2,(H,19,20)(H,15,16,18). The third-order valence-electron chi connectivity index (χ3n) is 3.48. The number of aromatic amines is 1. The summed E-state index contributed by atoms with van der Waals surface area (Å²) in [4.78, 5) is 31.1. The molecule has 1 aliphatic rings. The van der Waals surface area contributed by atoms with E-state index in [1.165, 1.54) is 12.4 Å². The predicted octanol–water partition coefficient (Wildman–Crippen LogP) is 1.03. The Bertz CT molecular complexity index is 724. The van der Waals surface area contributed by atoms with Crippen molar-refractivity contribution >= 4 is 11.8 Å². The maximum atomic E-state index is 11.3. The normalized spacial score (nSPS) is 13.9. The fourth-order valence-corrected chi connectivity index (χ4v) is 2.54. The molecule has 2 heterocycles. The quantitative estimate of drug-likeness (QED) is 0.852. The molecule has 0 unspecified atom stereocenters. The number of nitrogens with zero attached hydrogens (tertiary/aromatic N) is 2. The molecule has 20 heavy (non-hydrogen) atoms. The van der Waals surface area contributed by atoms with Gasteiger partial charge in [-0.2, -0.15) is 0 Å². The van der Waals surface area contributed by atoms with Crippen molar-refractivity contribution in [3.05, 3.63) is 57.6 Å². The Morgan fingerprint density at radius 2 is 2.25 bits per heavy atom. The van der Waals surface area contributed by atoms with Gasteiger partial charge in [-0.15, -0.1) is 0 Å². The zero-order valence-corrected chi connectivity index (χ0v) is 10.7. The number of carboxylic acid groups (broad SMARTS) is 1. The second-order valence-corrected chi connectivity index (χ2v) is 4.69. The van der Waals surface area contributed by atoms with Gasteiger partial charge in [-0.3, -0.25) is 4.79 Å². The molecule has 0 saturated heterocycles. The molecular formula is C14H13N3O3. The first-order chi connectivity index (χ1) is 9.65. The Kier molecular flexibility index (Phi) is 2.98. The van der Waals surface area contributed by atoms with Crippen molar-refractivity contribution < 1.29 is 9.90 Å². The summed E-state index contributed by atoms with van der Waals surface area (Å²) in [5.74, 6) is -0.287. The average Bonchev–Trinajstić information content (AvgIpc) is 2.46. The van der Waals surface area contributed by atoms with Gasteiger partial charge in [-0.1, -0.05) is 12.1 Å². The predicted molar refractivity (Wildman–Crippen MR) is 73.0 cm³/mol. The molecule has 0 saturated carbocycles. The molecule has 102 valence electrons. The monoisotopic (exact) mass is 271 g/mol. The van der Waals surface area contributed by atoms with Gasteiger partial charge in [0.25, 0.3) is 5.56 Å². The fraction of sp³-hybridized carbons (Fsp3) is 0.214. The molecule has 6 heteroatoms. The molecule has 1 aliphatic heterocycles. The summed E-state index contributed by atoms with van der Waals surface area (Å²) in [6.07, 6.45) is 2.01. The minimum atomic E-state index is -0.899. The van der Waals surface area contributed by atoms with E-state index in [4.69, 9.17) is 0 Å². The summed E-state index contributed by atoms with van der Waals surface area (Å²) in [7, 11) is 0. The second kappa shape index (κ2) is 4.80. The highest BCUT2D eigenvalue weighted by Crippen LogP contribution is 2.24. The minimum absolute atomic E-state index is 0.194. The molecule has 0 amide bonds. The van der Waals surface area contributed by atoms with E-state index < -0.39 is 5.97 Å². The first-order valence-corrected chi connectivity index (χ1v) is 6.29. The van der Waals surface area contributed by atoms with Crippen molar-refractivity contribution in [2.45, 2.75) is 13.0 Å². The highest BCUT2D eigenvalue weighted by molar-refractivity contribution is 5.90. The average molecular weight is 271 g/mol. The first kappa shape index (κ1) is 12.4. The lowest BCUT2D eigenvalue weighted by atomic mass is 9.94. The van der Waals surface area contributed by atoms with E-state index in [2.05, 4.69) is 9.97 Å². The third-order valence-corrected chi connectivity index (χ3v) is 3.48. The number of carbonyl (C=O) groups is 1. The molecule has 0 aliphatic carbocycles. The second-order valence-electron chi connectivity index (χ2n) is 4.69. The molecule has 3 rings (SSSR count). The van der Waals surface area contributed by atoms with Crippen LogP contribution in [-0.2, 0) is 13.0 Å². The van der Waals surface area contributed by atoms with Crippen LogP contribution in [-0.4, -0.2) is 27.6 Å². The molecular weight excluding hydrogens is 258 g/mol. The number of H-pyrrole nitrogens is 1. The minimum Gasteiger partial charge on any atom is -0.478 e. The SMILES string of the molecule is O=C(O)c1cccc2c1CCN(c1cc(=O)[nH]cn1)C2. The first-order valence-electron chi connectivity index (χ1n) is 6.29. The number of hydrogen-bond donors (Lipinski definition) is 2. The molecule has 0 radical (unpaired) electrons. The maximum absolute atomic E-state index is 11.3. The summed E-state index contributed by atoms with van der Waals surface area (Å²) >= 11 is 0. The van der Waals surface area contributed by atoms with Gasteiger partial charge in [-0.25, -0.2) is 9.78 Å². The molecule has 0 spiro atoms. The van der Waals surface area contributed by atoms with Gasteiger partial charge in [0.05, 0.1) is 11.9 Å². The number of benzene rings is 1. The number of rotatable bonds is 2. The zero-order chi connectivity index (χ0) is 14.1. The summed E-state index contributed by atoms with van der Waals surface area (Å²) in [6, 6.07) is 6.74. The van der Waals surface area contributed by atoms with Gasteiger partial charge >= 0.3 is 5.97 Å². The van der Waals surface area contributed by atoms with Crippen molar-refractivity contribution in [2.24, 2.45) is 0 Å². The van der Waals surface area contributed by atoms with Crippen LogP contribution in [0.3, 0.4) is 0 Å². The van der Waals surface area contributed by atoms with Gasteiger partial charge < -0.3 is 15.0 Å². The summed E-state index contributed by atoms with van der Waals surface area (Å²) in [5, 5.41) is 9.19. The molecule has 0 fully saturated rings. The van der Waals surface area contributed by atoms with Crippen LogP contribution in [0.15, 0.2) is 35.4 Å². The van der Waals surface area contributed by atoms with Crippen LogP contribution in [0.4, 0.5) is 5.82 Å². The van der Waals surface area contributed by atoms with E-state index in [-0.39, 0.29) is 5.56 Å². The highest BCUT2D eigenvalue weighted by atomic mass is 16.4. The fourth-order valence-electron chi connectivity index (χ4n) is 2.54. The van der Waals surface area contributed by atoms with Crippen molar-refractivity contribution in [1.29, 1.82) is 0 Å². The number of aromatic nitrogens is 2. The van der Waals surface area contributed by atoms with E-state index in [1.807, 2.05) is 11.0 Å². The largest absolute Gasteiger partial charge is 0.478 e. The van der Waals surface area contributed by atoms with Crippen LogP contribution in [0.2, 0.25) is 0 Å². The van der Waals surface area contributed by atoms with E-state index >= 15 is 0 Å². The van der Waals surface area contributed by atoms with E-state index in [0.29, 0.717) is 30.9 Å². The summed E-state index contributed by atoms with van der Waals surface area (Å²) < 4.78 is 0. The molecule has 6 nitrogen and oxygen atoms in total. The van der Waals surface area contributed by atoms with Crippen molar-refractivity contribution in [2.75, 3.05) is 11.4 Å². The van der Waals surface area contributed by atoms with Crippen molar-refractivity contribution in [3.63, 3.8) is 0 Å². The van der Waals surface area contributed by atoms with Crippen LogP contribution in [0.25, 0.3) is 0 Å². The molecule has 0 atom stereocenters. The van der Waals surface area contributed by atoms with E-state index in [1.54, 1.807) is 12.1 Å². The summed E-state index contributed by atoms with van der Waals surface area (Å²) in [6.45, 7) is 1.21. The molecule has 1 aromatic carbocycles. The topological polar surface area (TPSA) is 86.3 Å². The van der Waals surface area contributed by atoms with E-state index in [9.17, 15) is 14.7 Å². The van der Waals surface area contributed by atoms with Crippen LogP contribution in [0, 0.1) is 0 Å². The number of aromatic carboxylic acids is 1. The van der Waals surface area contributed by atoms with Gasteiger partial charge in [0, 0.05) is 19.2 Å². The molecule has 1 aromatic heterocycles. The summed E-state index contributed by atoms with van der Waals surface area (Å²) in [5.41, 5.74) is 2.01. The number of nitrogens with one attached hydrogen (secondary N) is 1. The van der Waals surface area contributed by atoms with Crippen molar-refractivity contribution in [3.8, 4) is 0 Å². The number of carboxylic acids is 1. The molecule has 2 aromatic rings. The number of fused-ring (bicyclic) bond motifs is 1. The Morgan fingerprint density at radius 3 is 3.00 bits per heavy atom. The number of hydrogen-bond acceptors (Lipinski definition) is 4.